The summed E-state index contributed by atoms with van der Waals surface area (Å²) in [5, 5.41) is 1.75. The normalized spacial score (nSPS) is 14.3. The Bertz CT molecular complexity index is 1360. The zero-order valence-electron chi connectivity index (χ0n) is 18.4. The van der Waals surface area contributed by atoms with E-state index in [4.69, 9.17) is 27.9 Å². The monoisotopic (exact) mass is 530 g/mol. The highest BCUT2D eigenvalue weighted by molar-refractivity contribution is 8.00. The molecule has 1 saturated heterocycles. The molecule has 10 heteroatoms. The number of nitrogens with zero attached hydrogens (tertiary/aromatic N) is 2. The van der Waals surface area contributed by atoms with Crippen LogP contribution in [0.4, 0.5) is 10.1 Å². The summed E-state index contributed by atoms with van der Waals surface area (Å²) in [7, 11) is 0. The number of likely N-dealkylation sites (tertiary alicyclic amines) is 1. The van der Waals surface area contributed by atoms with Crippen LogP contribution in [0.5, 0.6) is 5.75 Å². The summed E-state index contributed by atoms with van der Waals surface area (Å²) in [5.74, 6) is 0.0614. The molecular weight excluding hydrogens is 510 g/mol. The van der Waals surface area contributed by atoms with E-state index in [1.165, 1.54) is 6.07 Å². The van der Waals surface area contributed by atoms with E-state index >= 15 is 0 Å². The lowest BCUT2D eigenvalue weighted by Gasteiger charge is -2.32. The van der Waals surface area contributed by atoms with Gasteiger partial charge in [0.05, 0.1) is 32.3 Å². The fourth-order valence-corrected chi connectivity index (χ4v) is 5.29. The standard InChI is InChI=1S/C25H21Cl2FN4O2S/c26-18-4-5-21(24-23(18)19(27)14-30-24)31-35-22-6-3-15(12-20(22)28)25(33)32-10-7-16(8-11-32)34-17-2-1-9-29-13-17/h1-6,9,12-14,16,30-31H,7-8,10-11H2. The number of benzene rings is 2. The number of rotatable bonds is 6. The summed E-state index contributed by atoms with van der Waals surface area (Å²) >= 11 is 13.5. The highest BCUT2D eigenvalue weighted by Gasteiger charge is 2.25. The Labute approximate surface area is 215 Å². The molecule has 0 aliphatic carbocycles. The maximum atomic E-state index is 14.9. The summed E-state index contributed by atoms with van der Waals surface area (Å²) in [4.78, 5) is 22.2. The van der Waals surface area contributed by atoms with E-state index in [9.17, 15) is 9.18 Å². The molecule has 0 atom stereocenters. The molecule has 0 spiro atoms. The van der Waals surface area contributed by atoms with Gasteiger partial charge in [-0.15, -0.1) is 0 Å². The lowest BCUT2D eigenvalue weighted by atomic mass is 10.1. The molecule has 2 aromatic heterocycles. The van der Waals surface area contributed by atoms with Crippen molar-refractivity contribution < 1.29 is 13.9 Å². The van der Waals surface area contributed by atoms with Gasteiger partial charge in [-0.25, -0.2) is 4.39 Å². The predicted octanol–water partition coefficient (Wildman–Crippen LogP) is 6.81. The Morgan fingerprint density at radius 2 is 2.00 bits per heavy atom. The number of carbonyl (C=O) groups excluding carboxylic acids is 1. The van der Waals surface area contributed by atoms with Gasteiger partial charge < -0.3 is 19.3 Å². The topological polar surface area (TPSA) is 70.2 Å². The first-order valence-corrected chi connectivity index (χ1v) is 12.6. The second kappa shape index (κ2) is 10.4. The van der Waals surface area contributed by atoms with Crippen LogP contribution in [0.25, 0.3) is 10.9 Å². The van der Waals surface area contributed by atoms with Crippen molar-refractivity contribution in [3.05, 3.63) is 82.5 Å². The molecule has 4 aromatic rings. The molecule has 0 radical (unpaired) electrons. The number of aromatic nitrogens is 2. The quantitative estimate of drug-likeness (QED) is 0.268. The first-order chi connectivity index (χ1) is 17.0. The SMILES string of the molecule is O=C(c1ccc(SNc2ccc(Cl)c3c(Cl)c[nH]c23)c(F)c1)N1CCC(Oc2cccnc2)CC1. The van der Waals surface area contributed by atoms with Gasteiger partial charge in [-0.05, 0) is 54.4 Å². The van der Waals surface area contributed by atoms with Crippen LogP contribution in [0.2, 0.25) is 10.0 Å². The van der Waals surface area contributed by atoms with E-state index in [0.717, 1.165) is 28.9 Å². The fourth-order valence-electron chi connectivity index (χ4n) is 4.05. The van der Waals surface area contributed by atoms with Crippen LogP contribution in [0.3, 0.4) is 0 Å². The number of halogens is 3. The van der Waals surface area contributed by atoms with Crippen LogP contribution in [0.1, 0.15) is 23.2 Å². The van der Waals surface area contributed by atoms with E-state index in [1.807, 2.05) is 12.1 Å². The number of H-pyrrole nitrogens is 1. The summed E-state index contributed by atoms with van der Waals surface area (Å²) in [6.07, 6.45) is 6.47. The third kappa shape index (κ3) is 5.19. The van der Waals surface area contributed by atoms with Crippen molar-refractivity contribution in [2.75, 3.05) is 17.8 Å². The van der Waals surface area contributed by atoms with Crippen molar-refractivity contribution in [1.29, 1.82) is 0 Å². The second-order valence-electron chi connectivity index (χ2n) is 8.13. The van der Waals surface area contributed by atoms with E-state index in [2.05, 4.69) is 14.7 Å². The number of hydrogen-bond donors (Lipinski definition) is 2. The van der Waals surface area contributed by atoms with E-state index < -0.39 is 5.82 Å². The Morgan fingerprint density at radius 1 is 1.17 bits per heavy atom. The van der Waals surface area contributed by atoms with E-state index in [1.54, 1.807) is 47.8 Å². The summed E-state index contributed by atoms with van der Waals surface area (Å²) in [6, 6.07) is 11.8. The number of ether oxygens (including phenoxy) is 1. The molecule has 0 bridgehead atoms. The zero-order valence-corrected chi connectivity index (χ0v) is 20.8. The minimum atomic E-state index is -0.474. The highest BCUT2D eigenvalue weighted by Crippen LogP contribution is 2.36. The molecule has 1 aliphatic heterocycles. The minimum absolute atomic E-state index is 0.0266. The van der Waals surface area contributed by atoms with Gasteiger partial charge in [-0.1, -0.05) is 23.2 Å². The number of pyridine rings is 1. The smallest absolute Gasteiger partial charge is 0.253 e. The van der Waals surface area contributed by atoms with Gasteiger partial charge in [0.25, 0.3) is 5.91 Å². The van der Waals surface area contributed by atoms with Crippen molar-refractivity contribution >= 4 is 57.6 Å². The first kappa shape index (κ1) is 23.8. The van der Waals surface area contributed by atoms with Gasteiger partial charge in [0.1, 0.15) is 17.7 Å². The Hall–Kier alpha value is -2.94. The van der Waals surface area contributed by atoms with Gasteiger partial charge >= 0.3 is 0 Å². The van der Waals surface area contributed by atoms with Crippen molar-refractivity contribution in [1.82, 2.24) is 14.9 Å². The lowest BCUT2D eigenvalue weighted by molar-refractivity contribution is 0.0594. The molecule has 5 rings (SSSR count). The van der Waals surface area contributed by atoms with Crippen molar-refractivity contribution in [2.24, 2.45) is 0 Å². The van der Waals surface area contributed by atoms with Crippen LogP contribution >= 0.6 is 35.1 Å². The zero-order chi connectivity index (χ0) is 24.4. The average Bonchev–Trinajstić information content (AvgIpc) is 3.27. The third-order valence-corrected chi connectivity index (χ3v) is 7.34. The maximum Gasteiger partial charge on any atom is 0.253 e. The molecular formula is C25H21Cl2FN4O2S. The molecule has 3 heterocycles. The molecule has 0 saturated carbocycles. The van der Waals surface area contributed by atoms with Gasteiger partial charge in [-0.2, -0.15) is 0 Å². The van der Waals surface area contributed by atoms with E-state index in [-0.39, 0.29) is 12.0 Å². The maximum absolute atomic E-state index is 14.9. The summed E-state index contributed by atoms with van der Waals surface area (Å²) in [5.41, 5.74) is 1.78. The molecule has 180 valence electrons. The van der Waals surface area contributed by atoms with Gasteiger partial charge in [0, 0.05) is 49.3 Å². The number of nitrogens with one attached hydrogen (secondary N) is 2. The molecule has 6 nitrogen and oxygen atoms in total. The van der Waals surface area contributed by atoms with Crippen LogP contribution in [-0.4, -0.2) is 40.0 Å². The Morgan fingerprint density at radius 3 is 2.74 bits per heavy atom. The largest absolute Gasteiger partial charge is 0.489 e. The molecule has 35 heavy (non-hydrogen) atoms. The average molecular weight is 531 g/mol. The predicted molar refractivity (Wildman–Crippen MR) is 138 cm³/mol. The number of piperidine rings is 1. The number of amides is 1. The molecule has 0 unspecified atom stereocenters. The molecule has 1 amide bonds. The number of carbonyl (C=O) groups is 1. The summed E-state index contributed by atoms with van der Waals surface area (Å²) in [6.45, 7) is 1.10. The van der Waals surface area contributed by atoms with Gasteiger partial charge in [-0.3, -0.25) is 9.78 Å². The number of aromatic amines is 1. The fraction of sp³-hybridized carbons (Fsp3) is 0.200. The number of hydrogen-bond acceptors (Lipinski definition) is 5. The third-order valence-electron chi connectivity index (χ3n) is 5.85. The van der Waals surface area contributed by atoms with Gasteiger partial charge in [0.15, 0.2) is 0 Å². The molecule has 2 N–H and O–H groups in total. The minimum Gasteiger partial charge on any atom is -0.489 e. The van der Waals surface area contributed by atoms with Gasteiger partial charge in [0.2, 0.25) is 0 Å². The van der Waals surface area contributed by atoms with Crippen molar-refractivity contribution in [3.8, 4) is 5.75 Å². The van der Waals surface area contributed by atoms with Crippen LogP contribution in [0.15, 0.2) is 66.0 Å². The van der Waals surface area contributed by atoms with Crippen molar-refractivity contribution in [3.63, 3.8) is 0 Å². The van der Waals surface area contributed by atoms with Crippen LogP contribution < -0.4 is 9.46 Å². The van der Waals surface area contributed by atoms with E-state index in [0.29, 0.717) is 51.8 Å². The highest BCUT2D eigenvalue weighted by atomic mass is 35.5. The second-order valence-corrected chi connectivity index (χ2v) is 9.79. The Kier molecular flexibility index (Phi) is 7.04. The Balaban J connectivity index is 1.20. The molecule has 1 aliphatic rings. The van der Waals surface area contributed by atoms with Crippen LogP contribution in [0, 0.1) is 5.82 Å². The first-order valence-electron chi connectivity index (χ1n) is 11.0. The molecule has 1 fully saturated rings. The van der Waals surface area contributed by atoms with Crippen LogP contribution in [-0.2, 0) is 0 Å². The lowest BCUT2D eigenvalue weighted by Crippen LogP contribution is -2.41. The number of fused-ring (bicyclic) bond motifs is 1. The van der Waals surface area contributed by atoms with Crippen molar-refractivity contribution in [2.45, 2.75) is 23.8 Å². The number of anilines is 1. The molecule has 2 aromatic carbocycles. The summed E-state index contributed by atoms with van der Waals surface area (Å²) < 4.78 is 23.9.